The Morgan fingerprint density at radius 1 is 0.386 bits per heavy atom. The van der Waals surface area contributed by atoms with Gasteiger partial charge in [-0.1, -0.05) is 127 Å². The Morgan fingerprint density at radius 3 is 2.02 bits per heavy atom. The first kappa shape index (κ1) is 24.7. The number of para-hydroxylation sites is 1. The van der Waals surface area contributed by atoms with Crippen LogP contribution in [0.15, 0.2) is 162 Å². The molecule has 2 heteroatoms. The number of hydrogen-bond donors (Lipinski definition) is 1. The molecule has 0 bridgehead atoms. The van der Waals surface area contributed by atoms with Crippen LogP contribution in [0.4, 0.5) is 11.4 Å². The van der Waals surface area contributed by atoms with Crippen LogP contribution in [0.25, 0.3) is 76.5 Å². The maximum atomic E-state index is 6.79. The topological polar surface area (TPSA) is 25.2 Å². The number of anilines is 2. The van der Waals surface area contributed by atoms with Crippen LogP contribution in [-0.4, -0.2) is 0 Å². The molecule has 2 nitrogen and oxygen atoms in total. The van der Waals surface area contributed by atoms with Crippen LogP contribution in [0, 0.1) is 0 Å². The second kappa shape index (κ2) is 9.86. The molecular formula is C42H27NO. The Morgan fingerprint density at radius 2 is 1.11 bits per heavy atom. The molecule has 0 saturated carbocycles. The van der Waals surface area contributed by atoms with Crippen molar-refractivity contribution in [2.45, 2.75) is 0 Å². The molecule has 0 atom stereocenters. The molecule has 1 N–H and O–H groups in total. The number of nitrogens with one attached hydrogen (secondary N) is 1. The minimum atomic E-state index is 0.862. The third-order valence-corrected chi connectivity index (χ3v) is 8.79. The predicted molar refractivity (Wildman–Crippen MR) is 187 cm³/mol. The van der Waals surface area contributed by atoms with Crippen LogP contribution in [0.1, 0.15) is 0 Å². The van der Waals surface area contributed by atoms with Crippen molar-refractivity contribution in [2.75, 3.05) is 5.32 Å². The molecule has 1 heterocycles. The molecule has 0 amide bonds. The normalized spacial score (nSPS) is 11.6. The summed E-state index contributed by atoms with van der Waals surface area (Å²) >= 11 is 0. The maximum absolute atomic E-state index is 6.79. The third-order valence-electron chi connectivity index (χ3n) is 8.79. The van der Waals surface area contributed by atoms with Gasteiger partial charge < -0.3 is 9.73 Å². The second-order valence-electron chi connectivity index (χ2n) is 11.4. The van der Waals surface area contributed by atoms with Crippen LogP contribution in [0.5, 0.6) is 0 Å². The van der Waals surface area contributed by atoms with E-state index in [1.807, 2.05) is 0 Å². The average Bonchev–Trinajstić information content (AvgIpc) is 3.49. The minimum absolute atomic E-state index is 0.862. The number of fused-ring (bicyclic) bond motifs is 7. The Hall–Kier alpha value is -5.86. The first-order chi connectivity index (χ1) is 21.8. The van der Waals surface area contributed by atoms with Gasteiger partial charge in [-0.15, -0.1) is 0 Å². The van der Waals surface area contributed by atoms with Crippen molar-refractivity contribution in [3.05, 3.63) is 158 Å². The van der Waals surface area contributed by atoms with E-state index in [0.717, 1.165) is 44.4 Å². The quantitative estimate of drug-likeness (QED) is 0.231. The molecule has 0 saturated heterocycles. The molecule has 8 aromatic carbocycles. The van der Waals surface area contributed by atoms with E-state index in [0.29, 0.717) is 0 Å². The SMILES string of the molecule is c1ccc(-c2cc3ccccc3c3c2oc2c(Nc4ccc5ccc(-c6cccc7ccccc67)cc5c4)cccc23)cc1. The van der Waals surface area contributed by atoms with Crippen molar-refractivity contribution >= 4 is 65.6 Å². The Labute approximate surface area is 254 Å². The lowest BCUT2D eigenvalue weighted by Gasteiger charge is -2.11. The lowest BCUT2D eigenvalue weighted by Crippen LogP contribution is -1.91. The second-order valence-corrected chi connectivity index (χ2v) is 11.4. The summed E-state index contributed by atoms with van der Waals surface area (Å²) in [7, 11) is 0. The fourth-order valence-corrected chi connectivity index (χ4v) is 6.70. The van der Waals surface area contributed by atoms with E-state index in [-0.39, 0.29) is 0 Å². The first-order valence-electron chi connectivity index (χ1n) is 15.0. The fourth-order valence-electron chi connectivity index (χ4n) is 6.70. The minimum Gasteiger partial charge on any atom is -0.453 e. The van der Waals surface area contributed by atoms with Crippen molar-refractivity contribution in [1.82, 2.24) is 0 Å². The van der Waals surface area contributed by atoms with E-state index in [1.54, 1.807) is 0 Å². The number of furan rings is 1. The van der Waals surface area contributed by atoms with Gasteiger partial charge in [0.15, 0.2) is 5.58 Å². The number of hydrogen-bond acceptors (Lipinski definition) is 2. The molecule has 0 aliphatic rings. The van der Waals surface area contributed by atoms with Gasteiger partial charge in [0.25, 0.3) is 0 Å². The monoisotopic (exact) mass is 561 g/mol. The zero-order valence-corrected chi connectivity index (χ0v) is 23.9. The summed E-state index contributed by atoms with van der Waals surface area (Å²) in [6.07, 6.45) is 0. The van der Waals surface area contributed by atoms with Gasteiger partial charge in [-0.2, -0.15) is 0 Å². The summed E-state index contributed by atoms with van der Waals surface area (Å²) in [4.78, 5) is 0. The molecule has 9 rings (SSSR count). The average molecular weight is 562 g/mol. The first-order valence-corrected chi connectivity index (χ1v) is 15.0. The van der Waals surface area contributed by atoms with Crippen LogP contribution in [0.2, 0.25) is 0 Å². The fraction of sp³-hybridized carbons (Fsp3) is 0. The van der Waals surface area contributed by atoms with Crippen molar-refractivity contribution < 1.29 is 4.42 Å². The van der Waals surface area contributed by atoms with E-state index in [1.165, 1.54) is 43.4 Å². The molecule has 0 fully saturated rings. The van der Waals surface area contributed by atoms with Gasteiger partial charge in [0, 0.05) is 22.0 Å². The molecule has 0 aliphatic carbocycles. The molecular weight excluding hydrogens is 534 g/mol. The van der Waals surface area contributed by atoms with Crippen molar-refractivity contribution in [3.63, 3.8) is 0 Å². The molecule has 0 radical (unpaired) electrons. The summed E-state index contributed by atoms with van der Waals surface area (Å²) in [6, 6.07) is 56.1. The van der Waals surface area contributed by atoms with Crippen molar-refractivity contribution in [2.24, 2.45) is 0 Å². The molecule has 206 valence electrons. The zero-order valence-electron chi connectivity index (χ0n) is 23.9. The van der Waals surface area contributed by atoms with Gasteiger partial charge in [-0.25, -0.2) is 0 Å². The molecule has 0 spiro atoms. The molecule has 0 aliphatic heterocycles. The molecule has 9 aromatic rings. The Bertz CT molecular complexity index is 2520. The highest BCUT2D eigenvalue weighted by molar-refractivity contribution is 6.24. The highest BCUT2D eigenvalue weighted by Crippen LogP contribution is 2.43. The number of rotatable bonds is 4. The highest BCUT2D eigenvalue weighted by Gasteiger charge is 2.18. The Balaban J connectivity index is 1.18. The van der Waals surface area contributed by atoms with Crippen LogP contribution >= 0.6 is 0 Å². The highest BCUT2D eigenvalue weighted by atomic mass is 16.3. The van der Waals surface area contributed by atoms with Crippen molar-refractivity contribution in [1.29, 1.82) is 0 Å². The molecule has 44 heavy (non-hydrogen) atoms. The van der Waals surface area contributed by atoms with Gasteiger partial charge in [-0.3, -0.25) is 0 Å². The maximum Gasteiger partial charge on any atom is 0.158 e. The largest absolute Gasteiger partial charge is 0.453 e. The van der Waals surface area contributed by atoms with Gasteiger partial charge in [0.05, 0.1) is 5.69 Å². The standard InChI is InChI=1S/C42H27NO/c1-2-10-29(11-3-1)38-26-30-13-5-7-16-36(30)40-37-18-9-19-39(41(37)44-42(38)40)43-33-23-22-27-20-21-31(24-32(27)25-33)35-17-8-14-28-12-4-6-15-34(28)35/h1-26,43H. The van der Waals surface area contributed by atoms with Crippen LogP contribution in [0.3, 0.4) is 0 Å². The smallest absolute Gasteiger partial charge is 0.158 e. The summed E-state index contributed by atoms with van der Waals surface area (Å²) < 4.78 is 6.79. The van der Waals surface area contributed by atoms with E-state index in [2.05, 4.69) is 163 Å². The van der Waals surface area contributed by atoms with Crippen LogP contribution < -0.4 is 5.32 Å². The zero-order chi connectivity index (χ0) is 29.0. The van der Waals surface area contributed by atoms with E-state index < -0.39 is 0 Å². The van der Waals surface area contributed by atoms with Gasteiger partial charge in [-0.05, 0) is 79.3 Å². The summed E-state index contributed by atoms with van der Waals surface area (Å²) in [5.41, 5.74) is 8.46. The van der Waals surface area contributed by atoms with E-state index >= 15 is 0 Å². The lowest BCUT2D eigenvalue weighted by molar-refractivity contribution is 0.671. The molecule has 0 unspecified atom stereocenters. The Kier molecular flexibility index (Phi) is 5.54. The predicted octanol–water partition coefficient (Wildman–Crippen LogP) is 12.1. The van der Waals surface area contributed by atoms with E-state index in [9.17, 15) is 0 Å². The summed E-state index contributed by atoms with van der Waals surface area (Å²) in [6.45, 7) is 0. The number of benzene rings is 8. The molecule has 1 aromatic heterocycles. The van der Waals surface area contributed by atoms with Crippen LogP contribution in [-0.2, 0) is 0 Å². The summed E-state index contributed by atoms with van der Waals surface area (Å²) in [5.74, 6) is 0. The van der Waals surface area contributed by atoms with Gasteiger partial charge in [0.1, 0.15) is 5.58 Å². The van der Waals surface area contributed by atoms with Crippen molar-refractivity contribution in [3.8, 4) is 22.3 Å². The third kappa shape index (κ3) is 3.96. The van der Waals surface area contributed by atoms with Gasteiger partial charge in [0.2, 0.25) is 0 Å². The lowest BCUT2D eigenvalue weighted by atomic mass is 9.96. The van der Waals surface area contributed by atoms with Gasteiger partial charge >= 0.3 is 0 Å². The van der Waals surface area contributed by atoms with E-state index in [4.69, 9.17) is 4.42 Å². The summed E-state index contributed by atoms with van der Waals surface area (Å²) in [5, 5.41) is 13.3.